The van der Waals surface area contributed by atoms with Gasteiger partial charge in [-0.1, -0.05) is 0 Å². The van der Waals surface area contributed by atoms with Crippen molar-refractivity contribution in [1.29, 1.82) is 0 Å². The minimum absolute atomic E-state index is 0.117. The van der Waals surface area contributed by atoms with Gasteiger partial charge in [0.25, 0.3) is 5.91 Å². The van der Waals surface area contributed by atoms with Gasteiger partial charge < -0.3 is 19.3 Å². The van der Waals surface area contributed by atoms with Crippen LogP contribution in [-0.4, -0.2) is 73.5 Å². The summed E-state index contributed by atoms with van der Waals surface area (Å²) < 4.78 is 10.1. The van der Waals surface area contributed by atoms with Crippen molar-refractivity contribution in [2.45, 2.75) is 12.8 Å². The predicted molar refractivity (Wildman–Crippen MR) is 85.7 cm³/mol. The van der Waals surface area contributed by atoms with Gasteiger partial charge in [0.2, 0.25) is 0 Å². The Morgan fingerprint density at radius 2 is 1.83 bits per heavy atom. The molecule has 0 unspecified atom stereocenters. The largest absolute Gasteiger partial charge is 0.469 e. The van der Waals surface area contributed by atoms with Crippen LogP contribution in [0.15, 0.2) is 12.1 Å². The van der Waals surface area contributed by atoms with Crippen LogP contribution < -0.4 is 4.90 Å². The molecule has 0 aromatic carbocycles. The zero-order chi connectivity index (χ0) is 16.9. The molecule has 2 fully saturated rings. The maximum atomic E-state index is 12.5. The molecule has 0 spiro atoms. The number of morpholine rings is 1. The van der Waals surface area contributed by atoms with Crippen LogP contribution >= 0.6 is 0 Å². The van der Waals surface area contributed by atoms with E-state index >= 15 is 0 Å². The van der Waals surface area contributed by atoms with E-state index in [0.29, 0.717) is 44.8 Å². The molecule has 0 atom stereocenters. The zero-order valence-electron chi connectivity index (χ0n) is 13.8. The summed E-state index contributed by atoms with van der Waals surface area (Å²) in [7, 11) is 1.39. The minimum atomic E-state index is -0.197. The lowest BCUT2D eigenvalue weighted by Crippen LogP contribution is -2.41. The van der Waals surface area contributed by atoms with Crippen LogP contribution in [0.2, 0.25) is 0 Å². The molecule has 8 heteroatoms. The number of methoxy groups -OCH3 is 1. The summed E-state index contributed by atoms with van der Waals surface area (Å²) in [4.78, 5) is 27.9. The fraction of sp³-hybridized carbons (Fsp3) is 0.625. The molecule has 0 aliphatic carbocycles. The summed E-state index contributed by atoms with van der Waals surface area (Å²) in [6.45, 7) is 3.98. The van der Waals surface area contributed by atoms with Crippen molar-refractivity contribution in [3.63, 3.8) is 0 Å². The van der Waals surface area contributed by atoms with Crippen LogP contribution in [0.5, 0.6) is 0 Å². The first-order valence-electron chi connectivity index (χ1n) is 8.22. The highest BCUT2D eigenvalue weighted by Gasteiger charge is 2.29. The second-order valence-corrected chi connectivity index (χ2v) is 5.97. The minimum Gasteiger partial charge on any atom is -0.469 e. The Labute approximate surface area is 140 Å². The Balaban J connectivity index is 1.58. The number of esters is 1. The van der Waals surface area contributed by atoms with Crippen molar-refractivity contribution in [1.82, 2.24) is 15.1 Å². The number of ether oxygens (including phenoxy) is 2. The monoisotopic (exact) mass is 334 g/mol. The van der Waals surface area contributed by atoms with Gasteiger partial charge in [-0.2, -0.15) is 0 Å². The van der Waals surface area contributed by atoms with E-state index < -0.39 is 0 Å². The van der Waals surface area contributed by atoms with Gasteiger partial charge in [-0.25, -0.2) is 0 Å². The van der Waals surface area contributed by atoms with Gasteiger partial charge >= 0.3 is 5.97 Å². The number of aromatic nitrogens is 2. The molecule has 3 heterocycles. The number of piperidine rings is 1. The average Bonchev–Trinajstić information content (AvgIpc) is 2.68. The van der Waals surface area contributed by atoms with Crippen molar-refractivity contribution in [3.05, 3.63) is 17.8 Å². The third kappa shape index (κ3) is 3.64. The second-order valence-electron chi connectivity index (χ2n) is 5.97. The Bertz CT molecular complexity index is 578. The van der Waals surface area contributed by atoms with Gasteiger partial charge in [-0.3, -0.25) is 9.59 Å². The number of likely N-dealkylation sites (tertiary alicyclic amines) is 1. The number of hydrogen-bond acceptors (Lipinski definition) is 7. The summed E-state index contributed by atoms with van der Waals surface area (Å²) in [6, 6.07) is 3.54. The van der Waals surface area contributed by atoms with E-state index in [1.807, 2.05) is 6.07 Å². The molecule has 1 aromatic rings. The molecule has 0 saturated carbocycles. The van der Waals surface area contributed by atoms with E-state index in [1.165, 1.54) is 7.11 Å². The Kier molecular flexibility index (Phi) is 5.24. The Morgan fingerprint density at radius 1 is 1.12 bits per heavy atom. The number of carbonyl (C=O) groups is 2. The van der Waals surface area contributed by atoms with Gasteiger partial charge in [-0.05, 0) is 25.0 Å². The standard InChI is InChI=1S/C16H22N4O4/c1-23-16(22)12-4-6-20(7-5-12)15(21)13-2-3-14(18-17-13)19-8-10-24-11-9-19/h2-3,12H,4-11H2,1H3. The summed E-state index contributed by atoms with van der Waals surface area (Å²) in [5, 5.41) is 8.26. The second kappa shape index (κ2) is 7.57. The van der Waals surface area contributed by atoms with Crippen LogP contribution in [0.3, 0.4) is 0 Å². The van der Waals surface area contributed by atoms with E-state index in [4.69, 9.17) is 9.47 Å². The van der Waals surface area contributed by atoms with Crippen molar-refractivity contribution < 1.29 is 19.1 Å². The van der Waals surface area contributed by atoms with Crippen LogP contribution in [0.25, 0.3) is 0 Å². The third-order valence-electron chi connectivity index (χ3n) is 4.52. The molecule has 0 radical (unpaired) electrons. The van der Waals surface area contributed by atoms with Gasteiger partial charge in [0.15, 0.2) is 11.5 Å². The first-order chi connectivity index (χ1) is 11.7. The molecule has 2 saturated heterocycles. The van der Waals surface area contributed by atoms with Crippen LogP contribution in [0.1, 0.15) is 23.3 Å². The molecular formula is C16H22N4O4. The van der Waals surface area contributed by atoms with E-state index in [0.717, 1.165) is 18.9 Å². The van der Waals surface area contributed by atoms with Crippen LogP contribution in [0, 0.1) is 5.92 Å². The highest BCUT2D eigenvalue weighted by molar-refractivity contribution is 5.92. The molecule has 0 bridgehead atoms. The third-order valence-corrected chi connectivity index (χ3v) is 4.52. The highest BCUT2D eigenvalue weighted by atomic mass is 16.5. The van der Waals surface area contributed by atoms with Crippen LogP contribution in [0.4, 0.5) is 5.82 Å². The van der Waals surface area contributed by atoms with Crippen molar-refractivity contribution in [2.24, 2.45) is 5.92 Å². The van der Waals surface area contributed by atoms with Crippen molar-refractivity contribution in [3.8, 4) is 0 Å². The normalized spacial score (nSPS) is 19.2. The molecule has 1 amide bonds. The van der Waals surface area contributed by atoms with Gasteiger partial charge in [0.05, 0.1) is 26.2 Å². The van der Waals surface area contributed by atoms with Crippen molar-refractivity contribution in [2.75, 3.05) is 51.4 Å². The summed E-state index contributed by atoms with van der Waals surface area (Å²) >= 11 is 0. The first kappa shape index (κ1) is 16.6. The molecule has 0 N–H and O–H groups in total. The lowest BCUT2D eigenvalue weighted by molar-refractivity contribution is -0.146. The van der Waals surface area contributed by atoms with E-state index in [1.54, 1.807) is 11.0 Å². The number of hydrogen-bond donors (Lipinski definition) is 0. The fourth-order valence-electron chi connectivity index (χ4n) is 3.05. The molecule has 24 heavy (non-hydrogen) atoms. The summed E-state index contributed by atoms with van der Waals surface area (Å²) in [5.41, 5.74) is 0.337. The van der Waals surface area contributed by atoms with E-state index in [2.05, 4.69) is 15.1 Å². The molecular weight excluding hydrogens is 312 g/mol. The van der Waals surface area contributed by atoms with Gasteiger partial charge in [0, 0.05) is 26.2 Å². The maximum Gasteiger partial charge on any atom is 0.308 e. The number of carbonyl (C=O) groups excluding carboxylic acids is 2. The zero-order valence-corrected chi connectivity index (χ0v) is 13.8. The fourth-order valence-corrected chi connectivity index (χ4v) is 3.05. The Hall–Kier alpha value is -2.22. The Morgan fingerprint density at radius 3 is 2.42 bits per heavy atom. The molecule has 1 aromatic heterocycles. The quantitative estimate of drug-likeness (QED) is 0.737. The number of rotatable bonds is 3. The summed E-state index contributed by atoms with van der Waals surface area (Å²) in [6.07, 6.45) is 1.25. The number of anilines is 1. The van der Waals surface area contributed by atoms with Gasteiger partial charge in [0.1, 0.15) is 0 Å². The highest BCUT2D eigenvalue weighted by Crippen LogP contribution is 2.20. The average molecular weight is 334 g/mol. The summed E-state index contributed by atoms with van der Waals surface area (Å²) in [5.74, 6) is 0.309. The number of amides is 1. The SMILES string of the molecule is COC(=O)C1CCN(C(=O)c2ccc(N3CCOCC3)nn2)CC1. The van der Waals surface area contributed by atoms with E-state index in [-0.39, 0.29) is 17.8 Å². The molecule has 2 aliphatic heterocycles. The van der Waals surface area contributed by atoms with Crippen molar-refractivity contribution >= 4 is 17.7 Å². The van der Waals surface area contributed by atoms with Crippen LogP contribution in [-0.2, 0) is 14.3 Å². The topological polar surface area (TPSA) is 84.9 Å². The lowest BCUT2D eigenvalue weighted by atomic mass is 9.97. The molecule has 130 valence electrons. The first-order valence-corrected chi connectivity index (χ1v) is 8.22. The number of nitrogens with zero attached hydrogens (tertiary/aromatic N) is 4. The van der Waals surface area contributed by atoms with E-state index in [9.17, 15) is 9.59 Å². The van der Waals surface area contributed by atoms with Gasteiger partial charge in [-0.15, -0.1) is 10.2 Å². The molecule has 3 rings (SSSR count). The molecule has 8 nitrogen and oxygen atoms in total. The smallest absolute Gasteiger partial charge is 0.308 e. The predicted octanol–water partition coefficient (Wildman–Crippen LogP) is 0.338. The maximum absolute atomic E-state index is 12.5. The lowest BCUT2D eigenvalue weighted by Gasteiger charge is -2.30. The molecule has 2 aliphatic rings.